The molecular formula is C9H16O6. The predicted molar refractivity (Wildman–Crippen MR) is 47.8 cm³/mol. The van der Waals surface area contributed by atoms with Gasteiger partial charge in [0.1, 0.15) is 24.4 Å². The van der Waals surface area contributed by atoms with Gasteiger partial charge in [-0.05, 0) is 13.8 Å². The molecule has 0 aromatic heterocycles. The van der Waals surface area contributed by atoms with E-state index in [1.165, 1.54) is 0 Å². The van der Waals surface area contributed by atoms with E-state index in [0.29, 0.717) is 0 Å². The summed E-state index contributed by atoms with van der Waals surface area (Å²) in [5, 5.41) is 27.9. The lowest BCUT2D eigenvalue weighted by molar-refractivity contribution is -0.227. The molecule has 0 saturated carbocycles. The van der Waals surface area contributed by atoms with Crippen LogP contribution in [0.4, 0.5) is 0 Å². The van der Waals surface area contributed by atoms with Crippen LogP contribution < -0.4 is 0 Å². The van der Waals surface area contributed by atoms with Crippen LogP contribution in [0.25, 0.3) is 0 Å². The Balaban J connectivity index is 2.05. The van der Waals surface area contributed by atoms with E-state index in [0.717, 1.165) is 0 Å². The summed E-state index contributed by atoms with van der Waals surface area (Å²) in [4.78, 5) is 0. The largest absolute Gasteiger partial charge is 0.394 e. The van der Waals surface area contributed by atoms with Crippen molar-refractivity contribution in [2.75, 3.05) is 6.61 Å². The van der Waals surface area contributed by atoms with Gasteiger partial charge in [-0.25, -0.2) is 0 Å². The van der Waals surface area contributed by atoms with Crippen molar-refractivity contribution in [3.8, 4) is 0 Å². The maximum Gasteiger partial charge on any atom is 0.190 e. The Kier molecular flexibility index (Phi) is 2.74. The van der Waals surface area contributed by atoms with Gasteiger partial charge >= 0.3 is 0 Å². The zero-order chi connectivity index (χ0) is 11.2. The summed E-state index contributed by atoms with van der Waals surface area (Å²) in [6.07, 6.45) is -4.26. The molecule has 0 spiro atoms. The first-order chi connectivity index (χ1) is 6.94. The topological polar surface area (TPSA) is 88.4 Å². The first-order valence-corrected chi connectivity index (χ1v) is 4.93. The molecular weight excluding hydrogens is 204 g/mol. The molecule has 2 aliphatic rings. The van der Waals surface area contributed by atoms with Gasteiger partial charge in [0.15, 0.2) is 12.1 Å². The van der Waals surface area contributed by atoms with Gasteiger partial charge in [-0.15, -0.1) is 0 Å². The Bertz CT molecular complexity index is 243. The fourth-order valence-electron chi connectivity index (χ4n) is 1.94. The highest BCUT2D eigenvalue weighted by Gasteiger charge is 2.55. The van der Waals surface area contributed by atoms with E-state index in [4.69, 9.17) is 19.3 Å². The maximum absolute atomic E-state index is 9.79. The number of aliphatic hydroxyl groups is 3. The summed E-state index contributed by atoms with van der Waals surface area (Å²) >= 11 is 0. The third-order valence-corrected chi connectivity index (χ3v) is 2.62. The molecule has 6 nitrogen and oxygen atoms in total. The molecule has 2 rings (SSSR count). The molecule has 0 bridgehead atoms. The van der Waals surface area contributed by atoms with Gasteiger partial charge in [-0.2, -0.15) is 0 Å². The van der Waals surface area contributed by atoms with Crippen molar-refractivity contribution >= 4 is 0 Å². The molecule has 0 aromatic rings. The molecule has 5 atom stereocenters. The minimum atomic E-state index is -1.12. The minimum Gasteiger partial charge on any atom is -0.394 e. The highest BCUT2D eigenvalue weighted by molar-refractivity contribution is 4.95. The smallest absolute Gasteiger partial charge is 0.190 e. The van der Waals surface area contributed by atoms with E-state index in [2.05, 4.69) is 0 Å². The molecule has 88 valence electrons. The summed E-state index contributed by atoms with van der Waals surface area (Å²) in [6, 6.07) is 0. The van der Waals surface area contributed by atoms with E-state index in [1.807, 2.05) is 0 Å². The monoisotopic (exact) mass is 220 g/mol. The first-order valence-electron chi connectivity index (χ1n) is 4.93. The van der Waals surface area contributed by atoms with Crippen molar-refractivity contribution in [3.63, 3.8) is 0 Å². The van der Waals surface area contributed by atoms with Gasteiger partial charge < -0.3 is 29.5 Å². The zero-order valence-electron chi connectivity index (χ0n) is 8.66. The molecule has 3 N–H and O–H groups in total. The van der Waals surface area contributed by atoms with Crippen molar-refractivity contribution in [1.82, 2.24) is 0 Å². The lowest BCUT2D eigenvalue weighted by Gasteiger charge is -2.24. The Morgan fingerprint density at radius 3 is 2.53 bits per heavy atom. The summed E-state index contributed by atoms with van der Waals surface area (Å²) in [6.45, 7) is 2.97. The Morgan fingerprint density at radius 1 is 1.33 bits per heavy atom. The van der Waals surface area contributed by atoms with E-state index >= 15 is 0 Å². The SMILES string of the molecule is CC1(C)O[C@H]2OC([C@H](O)CO)[C@@H](O)[C@H]2O1. The van der Waals surface area contributed by atoms with Gasteiger partial charge in [-0.1, -0.05) is 0 Å². The lowest BCUT2D eigenvalue weighted by atomic mass is 10.1. The van der Waals surface area contributed by atoms with Gasteiger partial charge in [0, 0.05) is 0 Å². The van der Waals surface area contributed by atoms with Crippen LogP contribution in [-0.2, 0) is 14.2 Å². The number of fused-ring (bicyclic) bond motifs is 1. The van der Waals surface area contributed by atoms with Gasteiger partial charge in [0.2, 0.25) is 0 Å². The standard InChI is InChI=1S/C9H16O6/c1-9(2)14-7-5(12)6(4(11)3-10)13-8(7)15-9/h4-8,10-12H,3H2,1-2H3/t4-,5-,6?,7-,8-/m1/s1. The quantitative estimate of drug-likeness (QED) is 0.529. The zero-order valence-corrected chi connectivity index (χ0v) is 8.66. The van der Waals surface area contributed by atoms with Crippen LogP contribution >= 0.6 is 0 Å². The van der Waals surface area contributed by atoms with E-state index < -0.39 is 43.1 Å². The average Bonchev–Trinajstić information content (AvgIpc) is 2.60. The average molecular weight is 220 g/mol. The molecule has 2 aliphatic heterocycles. The first kappa shape index (κ1) is 11.3. The fraction of sp³-hybridized carbons (Fsp3) is 1.00. The van der Waals surface area contributed by atoms with Crippen LogP contribution in [0.3, 0.4) is 0 Å². The van der Waals surface area contributed by atoms with E-state index in [-0.39, 0.29) is 0 Å². The maximum atomic E-state index is 9.79. The second-order valence-electron chi connectivity index (χ2n) is 4.31. The minimum absolute atomic E-state index is 0.468. The van der Waals surface area contributed by atoms with Crippen LogP contribution in [0.1, 0.15) is 13.8 Å². The highest BCUT2D eigenvalue weighted by atomic mass is 16.8. The summed E-state index contributed by atoms with van der Waals surface area (Å²) < 4.78 is 16.1. The molecule has 0 aromatic carbocycles. The van der Waals surface area contributed by atoms with Crippen LogP contribution in [0.5, 0.6) is 0 Å². The Morgan fingerprint density at radius 2 is 2.00 bits per heavy atom. The second-order valence-corrected chi connectivity index (χ2v) is 4.31. The highest BCUT2D eigenvalue weighted by Crippen LogP contribution is 2.38. The third-order valence-electron chi connectivity index (χ3n) is 2.62. The molecule has 15 heavy (non-hydrogen) atoms. The van der Waals surface area contributed by atoms with Crippen molar-refractivity contribution in [2.45, 2.75) is 50.3 Å². The number of aliphatic hydroxyl groups excluding tert-OH is 3. The number of hydrogen-bond acceptors (Lipinski definition) is 6. The van der Waals surface area contributed by atoms with Crippen LogP contribution in [0, 0.1) is 0 Å². The molecule has 0 amide bonds. The van der Waals surface area contributed by atoms with Crippen LogP contribution in [-0.4, -0.2) is 58.4 Å². The third kappa shape index (κ3) is 1.89. The van der Waals surface area contributed by atoms with Crippen LogP contribution in [0.2, 0.25) is 0 Å². The summed E-state index contributed by atoms with van der Waals surface area (Å²) in [5.41, 5.74) is 0. The van der Waals surface area contributed by atoms with E-state index in [9.17, 15) is 10.2 Å². The Hall–Kier alpha value is -0.240. The fourth-order valence-corrected chi connectivity index (χ4v) is 1.94. The van der Waals surface area contributed by atoms with Crippen molar-refractivity contribution in [1.29, 1.82) is 0 Å². The van der Waals surface area contributed by atoms with Gasteiger partial charge in [0.05, 0.1) is 6.61 Å². The molecule has 6 heteroatoms. The lowest BCUT2D eigenvalue weighted by Crippen LogP contribution is -2.42. The van der Waals surface area contributed by atoms with Crippen LogP contribution in [0.15, 0.2) is 0 Å². The Labute approximate surface area is 87.4 Å². The summed E-state index contributed by atoms with van der Waals surface area (Å²) in [5.74, 6) is -0.786. The van der Waals surface area contributed by atoms with Crippen molar-refractivity contribution < 1.29 is 29.5 Å². The van der Waals surface area contributed by atoms with Crippen molar-refractivity contribution in [3.05, 3.63) is 0 Å². The molecule has 0 aliphatic carbocycles. The molecule has 2 saturated heterocycles. The number of ether oxygens (including phenoxy) is 3. The van der Waals surface area contributed by atoms with Gasteiger partial charge in [-0.3, -0.25) is 0 Å². The number of rotatable bonds is 2. The molecule has 2 heterocycles. The summed E-state index contributed by atoms with van der Waals surface area (Å²) in [7, 11) is 0. The van der Waals surface area contributed by atoms with E-state index in [1.54, 1.807) is 13.8 Å². The molecule has 2 fully saturated rings. The second kappa shape index (κ2) is 3.65. The molecule has 0 radical (unpaired) electrons. The number of hydrogen-bond donors (Lipinski definition) is 3. The molecule has 1 unspecified atom stereocenters. The normalized spacial score (nSPS) is 45.4. The van der Waals surface area contributed by atoms with Crippen molar-refractivity contribution in [2.24, 2.45) is 0 Å². The van der Waals surface area contributed by atoms with Gasteiger partial charge in [0.25, 0.3) is 0 Å². The predicted octanol–water partition coefficient (Wildman–Crippen LogP) is -1.42.